The van der Waals surface area contributed by atoms with E-state index in [2.05, 4.69) is 15.3 Å². The van der Waals surface area contributed by atoms with Crippen molar-refractivity contribution in [2.45, 2.75) is 50.2 Å². The maximum absolute atomic E-state index is 14.4. The molecule has 2 fully saturated rings. The van der Waals surface area contributed by atoms with Crippen LogP contribution in [0.4, 0.5) is 10.2 Å². The molecule has 1 saturated carbocycles. The lowest BCUT2D eigenvalue weighted by Gasteiger charge is -2.38. The third-order valence-corrected chi connectivity index (χ3v) is 5.28. The summed E-state index contributed by atoms with van der Waals surface area (Å²) >= 11 is 0. The predicted octanol–water partition coefficient (Wildman–Crippen LogP) is 3.68. The van der Waals surface area contributed by atoms with Crippen molar-refractivity contribution in [2.24, 2.45) is 0 Å². The van der Waals surface area contributed by atoms with Gasteiger partial charge in [-0.15, -0.1) is 0 Å². The Morgan fingerprint density at radius 1 is 1.29 bits per heavy atom. The number of methoxy groups -OCH3 is 1. The molecule has 128 valence electrons. The number of nitrogens with one attached hydrogen (secondary N) is 1. The number of fused-ring (bicyclic) bond motifs is 1. The zero-order valence-corrected chi connectivity index (χ0v) is 13.8. The molecule has 1 spiro atoms. The van der Waals surface area contributed by atoms with Crippen LogP contribution in [0.2, 0.25) is 0 Å². The minimum absolute atomic E-state index is 0.0349. The van der Waals surface area contributed by atoms with Crippen LogP contribution in [-0.4, -0.2) is 35.3 Å². The second-order valence-electron chi connectivity index (χ2n) is 6.77. The van der Waals surface area contributed by atoms with E-state index in [4.69, 9.17) is 9.47 Å². The molecule has 2 aliphatic rings. The molecule has 2 heterocycles. The monoisotopic (exact) mass is 331 g/mol. The van der Waals surface area contributed by atoms with Gasteiger partial charge in [-0.25, -0.2) is 14.4 Å². The summed E-state index contributed by atoms with van der Waals surface area (Å²) in [4.78, 5) is 8.43. The highest BCUT2D eigenvalue weighted by molar-refractivity contribution is 5.90. The summed E-state index contributed by atoms with van der Waals surface area (Å²) in [5, 5.41) is 4.18. The van der Waals surface area contributed by atoms with E-state index in [9.17, 15) is 4.39 Å². The highest BCUT2D eigenvalue weighted by Crippen LogP contribution is 2.41. The third kappa shape index (κ3) is 2.69. The molecule has 1 aliphatic carbocycles. The van der Waals surface area contributed by atoms with Gasteiger partial charge in [0.2, 0.25) is 0 Å². The Kier molecular flexibility index (Phi) is 4.00. The first-order valence-corrected chi connectivity index (χ1v) is 8.58. The highest BCUT2D eigenvalue weighted by atomic mass is 19.1. The lowest BCUT2D eigenvalue weighted by atomic mass is 9.89. The second kappa shape index (κ2) is 6.16. The van der Waals surface area contributed by atoms with Gasteiger partial charge in [-0.2, -0.15) is 0 Å². The zero-order chi connectivity index (χ0) is 16.6. The summed E-state index contributed by atoms with van der Waals surface area (Å²) in [6, 6.07) is 3.72. The standard InChI is InChI=1S/C18H22FN3O2/c1-23-14-5-4-13-16(15(14)19)20-11-21-17(13)22-12-6-9-24-18(10-12)7-2-3-8-18/h4-5,11-12H,2-3,6-10H2,1H3,(H,20,21,22). The van der Waals surface area contributed by atoms with Crippen molar-refractivity contribution < 1.29 is 13.9 Å². The summed E-state index contributed by atoms with van der Waals surface area (Å²) in [7, 11) is 1.45. The van der Waals surface area contributed by atoms with Crippen molar-refractivity contribution >= 4 is 16.7 Å². The lowest BCUT2D eigenvalue weighted by molar-refractivity contribution is -0.0767. The summed E-state index contributed by atoms with van der Waals surface area (Å²) in [5.41, 5.74) is 0.322. The van der Waals surface area contributed by atoms with Gasteiger partial charge in [-0.3, -0.25) is 0 Å². The molecule has 1 saturated heterocycles. The first kappa shape index (κ1) is 15.6. The van der Waals surface area contributed by atoms with E-state index >= 15 is 0 Å². The second-order valence-corrected chi connectivity index (χ2v) is 6.77. The molecule has 0 bridgehead atoms. The van der Waals surface area contributed by atoms with Crippen LogP contribution in [0.5, 0.6) is 5.75 Å². The maximum atomic E-state index is 14.4. The van der Waals surface area contributed by atoms with Gasteiger partial charge < -0.3 is 14.8 Å². The first-order chi connectivity index (χ1) is 11.7. The van der Waals surface area contributed by atoms with E-state index in [1.807, 2.05) is 6.07 Å². The van der Waals surface area contributed by atoms with Gasteiger partial charge in [0, 0.05) is 18.0 Å². The molecule has 6 heteroatoms. The number of hydrogen-bond acceptors (Lipinski definition) is 5. The smallest absolute Gasteiger partial charge is 0.191 e. The first-order valence-electron chi connectivity index (χ1n) is 8.58. The lowest BCUT2D eigenvalue weighted by Crippen LogP contribution is -2.42. The van der Waals surface area contributed by atoms with Crippen molar-refractivity contribution in [1.82, 2.24) is 9.97 Å². The van der Waals surface area contributed by atoms with Crippen LogP contribution in [-0.2, 0) is 4.74 Å². The van der Waals surface area contributed by atoms with Crippen LogP contribution >= 0.6 is 0 Å². The average molecular weight is 331 g/mol. The molecule has 1 unspecified atom stereocenters. The van der Waals surface area contributed by atoms with Crippen LogP contribution in [0.1, 0.15) is 38.5 Å². The number of halogens is 1. The van der Waals surface area contributed by atoms with E-state index in [0.717, 1.165) is 32.3 Å². The molecular formula is C18H22FN3O2. The molecule has 1 aliphatic heterocycles. The van der Waals surface area contributed by atoms with Crippen LogP contribution in [0.25, 0.3) is 10.9 Å². The van der Waals surface area contributed by atoms with Gasteiger partial charge in [0.05, 0.1) is 12.7 Å². The maximum Gasteiger partial charge on any atom is 0.191 e. The Morgan fingerprint density at radius 2 is 2.12 bits per heavy atom. The highest BCUT2D eigenvalue weighted by Gasteiger charge is 2.40. The number of nitrogens with zero attached hydrogens (tertiary/aromatic N) is 2. The van der Waals surface area contributed by atoms with E-state index < -0.39 is 5.82 Å². The Bertz CT molecular complexity index is 746. The quantitative estimate of drug-likeness (QED) is 0.930. The molecule has 1 aromatic carbocycles. The SMILES string of the molecule is COc1ccc2c(NC3CCOC4(CCCC4)C3)ncnc2c1F. The van der Waals surface area contributed by atoms with Crippen LogP contribution < -0.4 is 10.1 Å². The van der Waals surface area contributed by atoms with Gasteiger partial charge >= 0.3 is 0 Å². The van der Waals surface area contributed by atoms with Crippen molar-refractivity contribution in [3.8, 4) is 5.75 Å². The van der Waals surface area contributed by atoms with Gasteiger partial charge in [0.1, 0.15) is 17.7 Å². The third-order valence-electron chi connectivity index (χ3n) is 5.28. The molecule has 24 heavy (non-hydrogen) atoms. The number of hydrogen-bond donors (Lipinski definition) is 1. The Morgan fingerprint density at radius 3 is 2.92 bits per heavy atom. The van der Waals surface area contributed by atoms with E-state index in [1.165, 1.54) is 26.3 Å². The van der Waals surface area contributed by atoms with Gasteiger partial charge in [0.15, 0.2) is 11.6 Å². The zero-order valence-electron chi connectivity index (χ0n) is 13.8. The van der Waals surface area contributed by atoms with Gasteiger partial charge in [0.25, 0.3) is 0 Å². The number of rotatable bonds is 3. The summed E-state index contributed by atoms with van der Waals surface area (Å²) in [6.45, 7) is 0.767. The normalized spacial score (nSPS) is 22.8. The van der Waals surface area contributed by atoms with E-state index in [-0.39, 0.29) is 16.9 Å². The topological polar surface area (TPSA) is 56.3 Å². The molecule has 1 atom stereocenters. The molecule has 1 aromatic heterocycles. The fourth-order valence-electron chi connectivity index (χ4n) is 4.06. The van der Waals surface area contributed by atoms with Crippen molar-refractivity contribution in [3.63, 3.8) is 0 Å². The fraction of sp³-hybridized carbons (Fsp3) is 0.556. The van der Waals surface area contributed by atoms with Crippen LogP contribution in [0.3, 0.4) is 0 Å². The fourth-order valence-corrected chi connectivity index (χ4v) is 4.06. The summed E-state index contributed by atoms with van der Waals surface area (Å²) in [6.07, 6.45) is 8.09. The molecule has 1 N–H and O–H groups in total. The number of ether oxygens (including phenoxy) is 2. The van der Waals surface area contributed by atoms with E-state index in [0.29, 0.717) is 17.2 Å². The summed E-state index contributed by atoms with van der Waals surface area (Å²) < 4.78 is 25.5. The molecular weight excluding hydrogens is 309 g/mol. The Balaban J connectivity index is 1.61. The van der Waals surface area contributed by atoms with Crippen LogP contribution in [0.15, 0.2) is 18.5 Å². The number of benzene rings is 1. The predicted molar refractivity (Wildman–Crippen MR) is 89.8 cm³/mol. The Hall–Kier alpha value is -1.95. The molecule has 5 nitrogen and oxygen atoms in total. The van der Waals surface area contributed by atoms with Crippen molar-refractivity contribution in [3.05, 3.63) is 24.3 Å². The minimum atomic E-state index is -0.445. The van der Waals surface area contributed by atoms with E-state index in [1.54, 1.807) is 6.07 Å². The number of anilines is 1. The van der Waals surface area contributed by atoms with Crippen molar-refractivity contribution in [1.29, 1.82) is 0 Å². The molecule has 4 rings (SSSR count). The molecule has 0 radical (unpaired) electrons. The van der Waals surface area contributed by atoms with Crippen molar-refractivity contribution in [2.75, 3.05) is 19.0 Å². The number of aromatic nitrogens is 2. The van der Waals surface area contributed by atoms with Gasteiger partial charge in [-0.1, -0.05) is 12.8 Å². The minimum Gasteiger partial charge on any atom is -0.494 e. The average Bonchev–Trinajstić information content (AvgIpc) is 3.03. The molecule has 2 aromatic rings. The molecule has 0 amide bonds. The summed E-state index contributed by atoms with van der Waals surface area (Å²) in [5.74, 6) is 0.435. The largest absolute Gasteiger partial charge is 0.494 e. The van der Waals surface area contributed by atoms with Crippen LogP contribution in [0, 0.1) is 5.82 Å². The van der Waals surface area contributed by atoms with Gasteiger partial charge in [-0.05, 0) is 37.8 Å². The Labute approximate surface area is 140 Å².